The molecule has 1 aromatic rings. The van der Waals surface area contributed by atoms with Crippen molar-refractivity contribution in [3.05, 3.63) is 28.2 Å². The van der Waals surface area contributed by atoms with Crippen molar-refractivity contribution in [1.29, 1.82) is 0 Å². The summed E-state index contributed by atoms with van der Waals surface area (Å²) in [7, 11) is 0. The number of halogens is 2. The second kappa shape index (κ2) is 4.09. The number of ether oxygens (including phenoxy) is 1. The summed E-state index contributed by atoms with van der Waals surface area (Å²) in [6.07, 6.45) is 0.417. The molecular weight excluding hydrogens is 227 g/mol. The molecule has 0 radical (unpaired) electrons. The first-order valence-electron chi connectivity index (χ1n) is 3.95. The van der Waals surface area contributed by atoms with E-state index in [4.69, 9.17) is 27.9 Å². The highest BCUT2D eigenvalue weighted by Crippen LogP contribution is 2.31. The molecule has 1 heterocycles. The van der Waals surface area contributed by atoms with Crippen LogP contribution in [0.4, 0.5) is 0 Å². The van der Waals surface area contributed by atoms with E-state index < -0.39 is 0 Å². The summed E-state index contributed by atoms with van der Waals surface area (Å²) in [5, 5.41) is 1.48. The SMILES string of the molecule is Clc1ccc(Cl)c(SC[C@@H]2CO2)c1. The van der Waals surface area contributed by atoms with Crippen molar-refractivity contribution in [2.24, 2.45) is 0 Å². The van der Waals surface area contributed by atoms with E-state index in [9.17, 15) is 0 Å². The number of hydrogen-bond donors (Lipinski definition) is 0. The van der Waals surface area contributed by atoms with Crippen molar-refractivity contribution < 1.29 is 4.74 Å². The van der Waals surface area contributed by atoms with Crippen molar-refractivity contribution in [1.82, 2.24) is 0 Å². The lowest BCUT2D eigenvalue weighted by atomic mass is 10.4. The number of epoxide rings is 1. The van der Waals surface area contributed by atoms with Crippen LogP contribution in [0, 0.1) is 0 Å². The van der Waals surface area contributed by atoms with Gasteiger partial charge in [-0.25, -0.2) is 0 Å². The third-order valence-electron chi connectivity index (χ3n) is 1.72. The molecule has 13 heavy (non-hydrogen) atoms. The van der Waals surface area contributed by atoms with Gasteiger partial charge < -0.3 is 4.74 Å². The highest BCUT2D eigenvalue weighted by Gasteiger charge is 2.22. The molecule has 1 aliphatic rings. The average Bonchev–Trinajstić information content (AvgIpc) is 2.90. The molecule has 0 N–H and O–H groups in total. The molecule has 0 unspecified atom stereocenters. The quantitative estimate of drug-likeness (QED) is 0.587. The molecule has 4 heteroatoms. The van der Waals surface area contributed by atoms with Gasteiger partial charge >= 0.3 is 0 Å². The van der Waals surface area contributed by atoms with Gasteiger partial charge in [0.25, 0.3) is 0 Å². The summed E-state index contributed by atoms with van der Waals surface area (Å²) in [4.78, 5) is 1.03. The lowest BCUT2D eigenvalue weighted by Crippen LogP contribution is -1.88. The molecule has 0 saturated carbocycles. The van der Waals surface area contributed by atoms with E-state index >= 15 is 0 Å². The molecule has 0 spiro atoms. The van der Waals surface area contributed by atoms with Gasteiger partial charge in [0.2, 0.25) is 0 Å². The monoisotopic (exact) mass is 234 g/mol. The van der Waals surface area contributed by atoms with Gasteiger partial charge in [0.15, 0.2) is 0 Å². The summed E-state index contributed by atoms with van der Waals surface area (Å²) in [5.41, 5.74) is 0. The van der Waals surface area contributed by atoms with Crippen LogP contribution in [-0.4, -0.2) is 18.5 Å². The van der Waals surface area contributed by atoms with Crippen molar-refractivity contribution in [2.75, 3.05) is 12.4 Å². The largest absolute Gasteiger partial charge is 0.372 e. The maximum absolute atomic E-state index is 5.98. The molecule has 1 aromatic carbocycles. The van der Waals surface area contributed by atoms with E-state index in [1.807, 2.05) is 12.1 Å². The summed E-state index contributed by atoms with van der Waals surface area (Å²) in [6.45, 7) is 0.880. The molecule has 70 valence electrons. The zero-order valence-electron chi connectivity index (χ0n) is 6.80. The summed E-state index contributed by atoms with van der Waals surface area (Å²) >= 11 is 13.5. The van der Waals surface area contributed by atoms with Gasteiger partial charge in [0.1, 0.15) is 0 Å². The van der Waals surface area contributed by atoms with Crippen LogP contribution in [0.15, 0.2) is 23.1 Å². The fraction of sp³-hybridized carbons (Fsp3) is 0.333. The molecule has 1 nitrogen and oxygen atoms in total. The molecule has 2 rings (SSSR count). The maximum atomic E-state index is 5.98. The fourth-order valence-electron chi connectivity index (χ4n) is 0.935. The van der Waals surface area contributed by atoms with Gasteiger partial charge in [0.05, 0.1) is 17.7 Å². The second-order valence-corrected chi connectivity index (χ2v) is 4.75. The second-order valence-electron chi connectivity index (χ2n) is 2.84. The van der Waals surface area contributed by atoms with E-state index in [1.165, 1.54) is 0 Å². The number of rotatable bonds is 3. The lowest BCUT2D eigenvalue weighted by molar-refractivity contribution is 0.426. The summed E-state index contributed by atoms with van der Waals surface area (Å²) in [6, 6.07) is 5.50. The minimum atomic E-state index is 0.417. The van der Waals surface area contributed by atoms with Crippen molar-refractivity contribution in [3.63, 3.8) is 0 Å². The summed E-state index contributed by atoms with van der Waals surface area (Å²) in [5.74, 6) is 0.958. The van der Waals surface area contributed by atoms with Crippen molar-refractivity contribution in [3.8, 4) is 0 Å². The Hall–Kier alpha value is 0.110. The van der Waals surface area contributed by atoms with E-state index in [1.54, 1.807) is 17.8 Å². The number of thioether (sulfide) groups is 1. The van der Waals surface area contributed by atoms with E-state index in [-0.39, 0.29) is 0 Å². The van der Waals surface area contributed by atoms with E-state index in [2.05, 4.69) is 0 Å². The third kappa shape index (κ3) is 2.78. The predicted octanol–water partition coefficient (Wildman–Crippen LogP) is 3.48. The van der Waals surface area contributed by atoms with Gasteiger partial charge in [-0.1, -0.05) is 23.2 Å². The van der Waals surface area contributed by atoms with Gasteiger partial charge in [-0.2, -0.15) is 0 Å². The predicted molar refractivity (Wildman–Crippen MR) is 56.9 cm³/mol. The molecule has 1 saturated heterocycles. The fourth-order valence-corrected chi connectivity index (χ4v) is 2.43. The van der Waals surface area contributed by atoms with Crippen LogP contribution in [0.3, 0.4) is 0 Å². The Morgan fingerprint density at radius 1 is 1.46 bits per heavy atom. The van der Waals surface area contributed by atoms with Crippen molar-refractivity contribution >= 4 is 35.0 Å². The minimum Gasteiger partial charge on any atom is -0.372 e. The molecule has 0 aromatic heterocycles. The molecule has 0 aliphatic carbocycles. The Kier molecular flexibility index (Phi) is 3.04. The standard InChI is InChI=1S/C9H8Cl2OS/c10-6-1-2-8(11)9(3-6)13-5-7-4-12-7/h1-3,7H,4-5H2/t7-/m0/s1. The maximum Gasteiger partial charge on any atom is 0.0903 e. The van der Waals surface area contributed by atoms with Gasteiger partial charge in [0, 0.05) is 15.7 Å². The van der Waals surface area contributed by atoms with Crippen LogP contribution in [0.5, 0.6) is 0 Å². The van der Waals surface area contributed by atoms with Crippen LogP contribution in [0.25, 0.3) is 0 Å². The van der Waals surface area contributed by atoms with Crippen LogP contribution < -0.4 is 0 Å². The third-order valence-corrected chi connectivity index (χ3v) is 3.58. The average molecular weight is 235 g/mol. The van der Waals surface area contributed by atoms with Gasteiger partial charge in [-0.05, 0) is 18.2 Å². The molecule has 0 amide bonds. The molecule has 1 atom stereocenters. The first-order valence-corrected chi connectivity index (χ1v) is 5.69. The molecule has 1 aliphatic heterocycles. The minimum absolute atomic E-state index is 0.417. The van der Waals surface area contributed by atoms with Crippen LogP contribution >= 0.6 is 35.0 Å². The van der Waals surface area contributed by atoms with Gasteiger partial charge in [-0.3, -0.25) is 0 Å². The number of benzene rings is 1. The van der Waals surface area contributed by atoms with Crippen LogP contribution in [0.2, 0.25) is 10.0 Å². The molecule has 0 bridgehead atoms. The summed E-state index contributed by atoms with van der Waals surface area (Å²) < 4.78 is 5.10. The Morgan fingerprint density at radius 3 is 2.92 bits per heavy atom. The zero-order chi connectivity index (χ0) is 9.26. The molecule has 1 fully saturated rings. The Balaban J connectivity index is 2.03. The Bertz CT molecular complexity index is 312. The van der Waals surface area contributed by atoms with E-state index in [0.717, 1.165) is 27.3 Å². The Morgan fingerprint density at radius 2 is 2.23 bits per heavy atom. The number of hydrogen-bond acceptors (Lipinski definition) is 2. The normalized spacial score (nSPS) is 20.3. The highest BCUT2D eigenvalue weighted by atomic mass is 35.5. The van der Waals surface area contributed by atoms with Crippen LogP contribution in [-0.2, 0) is 4.74 Å². The van der Waals surface area contributed by atoms with Gasteiger partial charge in [-0.15, -0.1) is 11.8 Å². The smallest absolute Gasteiger partial charge is 0.0903 e. The first-order chi connectivity index (χ1) is 6.25. The highest BCUT2D eigenvalue weighted by molar-refractivity contribution is 7.99. The van der Waals surface area contributed by atoms with Crippen LogP contribution in [0.1, 0.15) is 0 Å². The Labute approximate surface area is 91.4 Å². The lowest BCUT2D eigenvalue weighted by Gasteiger charge is -2.02. The zero-order valence-corrected chi connectivity index (χ0v) is 9.12. The van der Waals surface area contributed by atoms with Crippen molar-refractivity contribution in [2.45, 2.75) is 11.0 Å². The topological polar surface area (TPSA) is 12.5 Å². The molecular formula is C9H8Cl2OS. The van der Waals surface area contributed by atoms with E-state index in [0.29, 0.717) is 6.10 Å². The first kappa shape index (κ1) is 9.66.